The van der Waals surface area contributed by atoms with Crippen molar-refractivity contribution in [3.05, 3.63) is 29.1 Å². The Labute approximate surface area is 100 Å². The standard InChI is InChI=1S/C13H17FO3/c1-3-10-9(5-7-11(15)13(10)14)6-8-12(16)17-4-2/h5,7,15H,3-4,6,8H2,1-2H3. The van der Waals surface area contributed by atoms with Crippen molar-refractivity contribution in [2.24, 2.45) is 0 Å². The lowest BCUT2D eigenvalue weighted by atomic mass is 10.00. The van der Waals surface area contributed by atoms with E-state index >= 15 is 0 Å². The molecule has 3 nitrogen and oxygen atoms in total. The van der Waals surface area contributed by atoms with Crippen LogP contribution in [0.2, 0.25) is 0 Å². The van der Waals surface area contributed by atoms with Crippen LogP contribution in [0.15, 0.2) is 12.1 Å². The van der Waals surface area contributed by atoms with E-state index in [1.807, 2.05) is 6.92 Å². The molecule has 0 bridgehead atoms. The molecule has 1 rings (SSSR count). The van der Waals surface area contributed by atoms with Crippen molar-refractivity contribution in [1.29, 1.82) is 0 Å². The van der Waals surface area contributed by atoms with Gasteiger partial charge in [0.15, 0.2) is 11.6 Å². The lowest BCUT2D eigenvalue weighted by Crippen LogP contribution is -2.07. The number of benzene rings is 1. The molecular weight excluding hydrogens is 223 g/mol. The highest BCUT2D eigenvalue weighted by Gasteiger charge is 2.12. The van der Waals surface area contributed by atoms with Gasteiger partial charge in [0.1, 0.15) is 0 Å². The van der Waals surface area contributed by atoms with E-state index in [-0.39, 0.29) is 18.1 Å². The zero-order valence-electron chi connectivity index (χ0n) is 10.1. The Bertz CT molecular complexity index is 402. The number of hydrogen-bond donors (Lipinski definition) is 1. The molecule has 0 heterocycles. The van der Waals surface area contributed by atoms with Crippen molar-refractivity contribution in [3.8, 4) is 5.75 Å². The molecule has 1 aromatic carbocycles. The maximum atomic E-state index is 13.6. The Balaban J connectivity index is 2.77. The van der Waals surface area contributed by atoms with Crippen molar-refractivity contribution in [1.82, 2.24) is 0 Å². The zero-order chi connectivity index (χ0) is 12.8. The summed E-state index contributed by atoms with van der Waals surface area (Å²) in [7, 11) is 0. The third kappa shape index (κ3) is 3.44. The van der Waals surface area contributed by atoms with Gasteiger partial charge in [-0.05, 0) is 37.0 Å². The number of rotatable bonds is 5. The lowest BCUT2D eigenvalue weighted by Gasteiger charge is -2.09. The van der Waals surface area contributed by atoms with Crippen LogP contribution in [0, 0.1) is 5.82 Å². The van der Waals surface area contributed by atoms with E-state index < -0.39 is 5.82 Å². The summed E-state index contributed by atoms with van der Waals surface area (Å²) in [5.41, 5.74) is 1.21. The molecule has 1 N–H and O–H groups in total. The van der Waals surface area contributed by atoms with Crippen molar-refractivity contribution < 1.29 is 19.0 Å². The van der Waals surface area contributed by atoms with Gasteiger partial charge in [0, 0.05) is 6.42 Å². The Morgan fingerprint density at radius 2 is 2.12 bits per heavy atom. The second kappa shape index (κ2) is 6.23. The van der Waals surface area contributed by atoms with Gasteiger partial charge in [-0.3, -0.25) is 4.79 Å². The van der Waals surface area contributed by atoms with Crippen LogP contribution in [0.4, 0.5) is 4.39 Å². The van der Waals surface area contributed by atoms with E-state index in [4.69, 9.17) is 4.74 Å². The number of phenolic OH excluding ortho intramolecular Hbond substituents is 1. The zero-order valence-corrected chi connectivity index (χ0v) is 10.1. The molecule has 0 fully saturated rings. The van der Waals surface area contributed by atoms with Crippen LogP contribution in [0.5, 0.6) is 5.75 Å². The van der Waals surface area contributed by atoms with Crippen molar-refractivity contribution in [3.63, 3.8) is 0 Å². The second-order valence-corrected chi connectivity index (χ2v) is 3.69. The molecule has 1 aromatic rings. The van der Waals surface area contributed by atoms with Gasteiger partial charge in [0.2, 0.25) is 0 Å². The molecule has 0 atom stereocenters. The molecule has 94 valence electrons. The summed E-state index contributed by atoms with van der Waals surface area (Å²) >= 11 is 0. The molecule has 0 radical (unpaired) electrons. The molecule has 0 aliphatic rings. The third-order valence-electron chi connectivity index (χ3n) is 2.58. The number of aryl methyl sites for hydroxylation is 1. The molecule has 0 saturated heterocycles. The van der Waals surface area contributed by atoms with Gasteiger partial charge in [-0.1, -0.05) is 13.0 Å². The summed E-state index contributed by atoms with van der Waals surface area (Å²) in [5, 5.41) is 9.25. The summed E-state index contributed by atoms with van der Waals surface area (Å²) in [6, 6.07) is 2.96. The van der Waals surface area contributed by atoms with Gasteiger partial charge < -0.3 is 9.84 Å². The van der Waals surface area contributed by atoms with Gasteiger partial charge in [0.05, 0.1) is 6.61 Å². The number of ether oxygens (including phenoxy) is 1. The van der Waals surface area contributed by atoms with Crippen LogP contribution in [0.25, 0.3) is 0 Å². The van der Waals surface area contributed by atoms with E-state index in [2.05, 4.69) is 0 Å². The number of aromatic hydroxyl groups is 1. The molecule has 0 unspecified atom stereocenters. The minimum absolute atomic E-state index is 0.227. The molecule has 0 spiro atoms. The smallest absolute Gasteiger partial charge is 0.306 e. The second-order valence-electron chi connectivity index (χ2n) is 3.69. The average molecular weight is 240 g/mol. The van der Waals surface area contributed by atoms with Crippen molar-refractivity contribution in [2.45, 2.75) is 33.1 Å². The SMILES string of the molecule is CCOC(=O)CCc1ccc(O)c(F)c1CC. The molecule has 0 amide bonds. The van der Waals surface area contributed by atoms with Gasteiger partial charge in [0.25, 0.3) is 0 Å². The number of carbonyl (C=O) groups excluding carboxylic acids is 1. The Kier molecular flexibility index (Phi) is 4.94. The first-order chi connectivity index (χ1) is 8.10. The highest BCUT2D eigenvalue weighted by atomic mass is 19.1. The van der Waals surface area contributed by atoms with Crippen LogP contribution in [-0.2, 0) is 22.4 Å². The monoisotopic (exact) mass is 240 g/mol. The molecule has 0 aliphatic heterocycles. The van der Waals surface area contributed by atoms with E-state index in [1.54, 1.807) is 13.0 Å². The van der Waals surface area contributed by atoms with Crippen molar-refractivity contribution >= 4 is 5.97 Å². The molecule has 0 saturated carbocycles. The summed E-state index contributed by atoms with van der Waals surface area (Å²) < 4.78 is 18.4. The lowest BCUT2D eigenvalue weighted by molar-refractivity contribution is -0.143. The number of carbonyl (C=O) groups is 1. The largest absolute Gasteiger partial charge is 0.505 e. The van der Waals surface area contributed by atoms with Crippen LogP contribution in [-0.4, -0.2) is 17.7 Å². The van der Waals surface area contributed by atoms with Crippen LogP contribution in [0.3, 0.4) is 0 Å². The molecular formula is C13H17FO3. The molecule has 0 aromatic heterocycles. The summed E-state index contributed by atoms with van der Waals surface area (Å²) in [4.78, 5) is 11.2. The van der Waals surface area contributed by atoms with Crippen LogP contribution >= 0.6 is 0 Å². The van der Waals surface area contributed by atoms with E-state index in [1.165, 1.54) is 6.07 Å². The number of esters is 1. The first-order valence-corrected chi connectivity index (χ1v) is 5.75. The van der Waals surface area contributed by atoms with Crippen LogP contribution in [0.1, 0.15) is 31.4 Å². The van der Waals surface area contributed by atoms with Crippen molar-refractivity contribution in [2.75, 3.05) is 6.61 Å². The maximum Gasteiger partial charge on any atom is 0.306 e. The fourth-order valence-corrected chi connectivity index (χ4v) is 1.74. The number of halogens is 1. The maximum absolute atomic E-state index is 13.6. The molecule has 17 heavy (non-hydrogen) atoms. The fraction of sp³-hybridized carbons (Fsp3) is 0.462. The van der Waals surface area contributed by atoms with Gasteiger partial charge >= 0.3 is 5.97 Å². The number of hydrogen-bond acceptors (Lipinski definition) is 3. The summed E-state index contributed by atoms with van der Waals surface area (Å²) in [5.74, 6) is -1.22. The van der Waals surface area contributed by atoms with Gasteiger partial charge in [-0.25, -0.2) is 4.39 Å². The third-order valence-corrected chi connectivity index (χ3v) is 2.58. The van der Waals surface area contributed by atoms with E-state index in [0.717, 1.165) is 5.56 Å². The fourth-order valence-electron chi connectivity index (χ4n) is 1.74. The highest BCUT2D eigenvalue weighted by molar-refractivity contribution is 5.69. The van der Waals surface area contributed by atoms with E-state index in [9.17, 15) is 14.3 Å². The average Bonchev–Trinajstić information content (AvgIpc) is 2.31. The summed E-state index contributed by atoms with van der Waals surface area (Å²) in [6.45, 7) is 3.91. The Hall–Kier alpha value is -1.58. The normalized spacial score (nSPS) is 10.3. The topological polar surface area (TPSA) is 46.5 Å². The number of phenols is 1. The van der Waals surface area contributed by atoms with Crippen LogP contribution < -0.4 is 0 Å². The molecule has 0 aliphatic carbocycles. The minimum Gasteiger partial charge on any atom is -0.505 e. The van der Waals surface area contributed by atoms with E-state index in [0.29, 0.717) is 25.0 Å². The quantitative estimate of drug-likeness (QED) is 0.805. The van der Waals surface area contributed by atoms with Gasteiger partial charge in [-0.2, -0.15) is 0 Å². The first kappa shape index (κ1) is 13.5. The minimum atomic E-state index is -0.589. The first-order valence-electron chi connectivity index (χ1n) is 5.75. The Morgan fingerprint density at radius 3 is 2.71 bits per heavy atom. The Morgan fingerprint density at radius 1 is 1.41 bits per heavy atom. The molecule has 4 heteroatoms. The predicted molar refractivity (Wildman–Crippen MR) is 62.4 cm³/mol. The highest BCUT2D eigenvalue weighted by Crippen LogP contribution is 2.24. The summed E-state index contributed by atoms with van der Waals surface area (Å²) in [6.07, 6.45) is 1.14. The predicted octanol–water partition coefficient (Wildman–Crippen LogP) is 2.59. The van der Waals surface area contributed by atoms with Gasteiger partial charge in [-0.15, -0.1) is 0 Å².